The largest absolute Gasteiger partial charge is 0.298 e. The van der Waals surface area contributed by atoms with E-state index < -0.39 is 0 Å². The number of fused-ring (bicyclic) bond motifs is 3. The predicted octanol–water partition coefficient (Wildman–Crippen LogP) is 4.33. The van der Waals surface area contributed by atoms with Gasteiger partial charge in [0.15, 0.2) is 5.16 Å². The first-order chi connectivity index (χ1) is 12.7. The van der Waals surface area contributed by atoms with Gasteiger partial charge in [-0.05, 0) is 37.1 Å². The Hall–Kier alpha value is -1.63. The molecular formula is C20H23N3OS2. The third-order valence-corrected chi connectivity index (χ3v) is 7.07. The van der Waals surface area contributed by atoms with Crippen molar-refractivity contribution in [2.24, 2.45) is 0 Å². The average molecular weight is 386 g/mol. The second-order valence-electron chi connectivity index (χ2n) is 6.52. The molecule has 0 N–H and O–H groups in total. The number of aromatic nitrogens is 2. The molecule has 3 aromatic rings. The second-order valence-corrected chi connectivity index (χ2v) is 8.67. The molecular weight excluding hydrogens is 362 g/mol. The van der Waals surface area contributed by atoms with Crippen molar-refractivity contribution >= 4 is 33.3 Å². The van der Waals surface area contributed by atoms with E-state index in [9.17, 15) is 4.79 Å². The number of nitrogens with zero attached hydrogens (tertiary/aromatic N) is 3. The molecule has 1 aliphatic rings. The van der Waals surface area contributed by atoms with Gasteiger partial charge in [-0.15, -0.1) is 11.3 Å². The van der Waals surface area contributed by atoms with Gasteiger partial charge in [0.25, 0.3) is 5.56 Å². The number of likely N-dealkylation sites (N-methyl/N-ethyl adjacent to an activating group) is 1. The van der Waals surface area contributed by atoms with Gasteiger partial charge in [0.2, 0.25) is 0 Å². The number of benzene rings is 1. The first-order valence-corrected chi connectivity index (χ1v) is 11.0. The first-order valence-electron chi connectivity index (χ1n) is 9.20. The Bertz CT molecular complexity index is 978. The van der Waals surface area contributed by atoms with Gasteiger partial charge in [-0.25, -0.2) is 4.98 Å². The van der Waals surface area contributed by atoms with Crippen molar-refractivity contribution in [3.63, 3.8) is 0 Å². The summed E-state index contributed by atoms with van der Waals surface area (Å²) < 4.78 is 1.81. The molecule has 0 atom stereocenters. The molecule has 0 fully saturated rings. The number of thiophene rings is 1. The Kier molecular flexibility index (Phi) is 5.16. The number of hydrogen-bond acceptors (Lipinski definition) is 5. The lowest BCUT2D eigenvalue weighted by Gasteiger charge is -2.25. The zero-order valence-electron chi connectivity index (χ0n) is 15.2. The van der Waals surface area contributed by atoms with Gasteiger partial charge in [-0.1, -0.05) is 43.8 Å². The van der Waals surface area contributed by atoms with E-state index in [0.29, 0.717) is 0 Å². The number of para-hydroxylation sites is 1. The van der Waals surface area contributed by atoms with E-state index in [2.05, 4.69) is 18.7 Å². The fourth-order valence-electron chi connectivity index (χ4n) is 3.44. The third kappa shape index (κ3) is 3.10. The molecule has 0 radical (unpaired) electrons. The van der Waals surface area contributed by atoms with Crippen LogP contribution < -0.4 is 5.56 Å². The van der Waals surface area contributed by atoms with Gasteiger partial charge in [-0.3, -0.25) is 14.3 Å². The van der Waals surface area contributed by atoms with Gasteiger partial charge in [-0.2, -0.15) is 0 Å². The maximum Gasteiger partial charge on any atom is 0.267 e. The van der Waals surface area contributed by atoms with Crippen molar-refractivity contribution in [2.75, 3.05) is 18.8 Å². The fraction of sp³-hybridized carbons (Fsp3) is 0.400. The van der Waals surface area contributed by atoms with E-state index in [1.54, 1.807) is 23.1 Å². The van der Waals surface area contributed by atoms with Crippen molar-refractivity contribution in [3.8, 4) is 5.69 Å². The topological polar surface area (TPSA) is 38.1 Å². The van der Waals surface area contributed by atoms with Crippen LogP contribution in [0.4, 0.5) is 0 Å². The molecule has 0 aliphatic carbocycles. The van der Waals surface area contributed by atoms with Crippen molar-refractivity contribution in [1.29, 1.82) is 0 Å². The molecule has 0 saturated carbocycles. The number of hydrogen-bond donors (Lipinski definition) is 0. The summed E-state index contributed by atoms with van der Waals surface area (Å²) >= 11 is 3.38. The maximum absolute atomic E-state index is 13.5. The highest BCUT2D eigenvalue weighted by molar-refractivity contribution is 7.99. The molecule has 1 aromatic carbocycles. The summed E-state index contributed by atoms with van der Waals surface area (Å²) in [5.41, 5.74) is 2.21. The molecule has 0 saturated heterocycles. The summed E-state index contributed by atoms with van der Waals surface area (Å²) in [6, 6.07) is 9.90. The summed E-state index contributed by atoms with van der Waals surface area (Å²) in [5, 5.41) is 1.65. The zero-order valence-corrected chi connectivity index (χ0v) is 16.8. The minimum atomic E-state index is 0.0854. The molecule has 1 aliphatic heterocycles. The van der Waals surface area contributed by atoms with Gasteiger partial charge in [0, 0.05) is 23.7 Å². The van der Waals surface area contributed by atoms with Gasteiger partial charge in [0.05, 0.1) is 11.1 Å². The molecule has 136 valence electrons. The van der Waals surface area contributed by atoms with E-state index >= 15 is 0 Å². The van der Waals surface area contributed by atoms with Crippen LogP contribution in [-0.2, 0) is 13.0 Å². The Morgan fingerprint density at radius 1 is 1.23 bits per heavy atom. The van der Waals surface area contributed by atoms with Crippen LogP contribution in [0.5, 0.6) is 0 Å². The quantitative estimate of drug-likeness (QED) is 0.484. The smallest absolute Gasteiger partial charge is 0.267 e. The molecule has 4 nitrogen and oxygen atoms in total. The van der Waals surface area contributed by atoms with E-state index in [-0.39, 0.29) is 5.56 Å². The maximum atomic E-state index is 13.5. The monoisotopic (exact) mass is 385 g/mol. The molecule has 2 aromatic heterocycles. The molecule has 0 spiro atoms. The highest BCUT2D eigenvalue weighted by Crippen LogP contribution is 2.34. The van der Waals surface area contributed by atoms with Crippen molar-refractivity contribution in [1.82, 2.24) is 14.5 Å². The normalized spacial score (nSPS) is 14.7. The standard InChI is InChI=1S/C20H23N3OS2/c1-3-12-25-20-21-18-17(15-10-11-22(4-2)13-16(15)26-18)19(24)23(20)14-8-6-5-7-9-14/h5-9H,3-4,10-13H2,1-2H3. The van der Waals surface area contributed by atoms with Crippen molar-refractivity contribution in [2.45, 2.75) is 38.4 Å². The van der Waals surface area contributed by atoms with Crippen LogP contribution in [0.15, 0.2) is 40.3 Å². The number of thioether (sulfide) groups is 1. The Morgan fingerprint density at radius 2 is 2.04 bits per heavy atom. The highest BCUT2D eigenvalue weighted by atomic mass is 32.2. The lowest BCUT2D eigenvalue weighted by atomic mass is 10.1. The summed E-state index contributed by atoms with van der Waals surface area (Å²) in [6.07, 6.45) is 2.00. The van der Waals surface area contributed by atoms with Gasteiger partial charge < -0.3 is 0 Å². The lowest BCUT2D eigenvalue weighted by molar-refractivity contribution is 0.272. The predicted molar refractivity (Wildman–Crippen MR) is 111 cm³/mol. The minimum Gasteiger partial charge on any atom is -0.298 e. The average Bonchev–Trinajstić information content (AvgIpc) is 3.04. The highest BCUT2D eigenvalue weighted by Gasteiger charge is 2.25. The van der Waals surface area contributed by atoms with Crippen molar-refractivity contribution in [3.05, 3.63) is 51.1 Å². The summed E-state index contributed by atoms with van der Waals surface area (Å²) in [7, 11) is 0. The Labute approximate surface area is 161 Å². The molecule has 26 heavy (non-hydrogen) atoms. The molecule has 0 unspecified atom stereocenters. The Balaban J connectivity index is 1.94. The number of rotatable bonds is 5. The molecule has 0 amide bonds. The summed E-state index contributed by atoms with van der Waals surface area (Å²) in [4.78, 5) is 23.1. The summed E-state index contributed by atoms with van der Waals surface area (Å²) in [5.74, 6) is 0.958. The zero-order chi connectivity index (χ0) is 18.1. The first kappa shape index (κ1) is 17.8. The van der Waals surface area contributed by atoms with Crippen molar-refractivity contribution < 1.29 is 0 Å². The van der Waals surface area contributed by atoms with Crippen LogP contribution in [0.1, 0.15) is 30.7 Å². The van der Waals surface area contributed by atoms with Gasteiger partial charge in [0.1, 0.15) is 4.83 Å². The Morgan fingerprint density at radius 3 is 2.77 bits per heavy atom. The van der Waals surface area contributed by atoms with E-state index in [1.165, 1.54) is 10.4 Å². The third-order valence-electron chi connectivity index (χ3n) is 4.82. The molecule has 6 heteroatoms. The second kappa shape index (κ2) is 7.55. The van der Waals surface area contributed by atoms with E-state index in [0.717, 1.165) is 59.3 Å². The van der Waals surface area contributed by atoms with E-state index in [1.807, 2.05) is 34.9 Å². The van der Waals surface area contributed by atoms with Crippen LogP contribution in [0.25, 0.3) is 15.9 Å². The van der Waals surface area contributed by atoms with Crippen LogP contribution >= 0.6 is 23.1 Å². The fourth-order valence-corrected chi connectivity index (χ4v) is 5.61. The van der Waals surface area contributed by atoms with Crippen LogP contribution in [0.3, 0.4) is 0 Å². The molecule has 0 bridgehead atoms. The van der Waals surface area contributed by atoms with E-state index in [4.69, 9.17) is 4.98 Å². The lowest BCUT2D eigenvalue weighted by Crippen LogP contribution is -2.30. The summed E-state index contributed by atoms with van der Waals surface area (Å²) in [6.45, 7) is 7.35. The molecule has 4 rings (SSSR count). The molecule has 3 heterocycles. The van der Waals surface area contributed by atoms with Crippen LogP contribution in [0, 0.1) is 0 Å². The van der Waals surface area contributed by atoms with Gasteiger partial charge >= 0.3 is 0 Å². The van der Waals surface area contributed by atoms with Crippen LogP contribution in [0.2, 0.25) is 0 Å². The SMILES string of the molecule is CCCSc1nc2sc3c(c2c(=O)n1-c1ccccc1)CCN(CC)C3. The minimum absolute atomic E-state index is 0.0854. The van der Waals surface area contributed by atoms with Crippen LogP contribution in [-0.4, -0.2) is 33.3 Å².